The number of fused-ring (bicyclic) bond motifs is 1. The lowest BCUT2D eigenvalue weighted by Crippen LogP contribution is -2.16. The summed E-state index contributed by atoms with van der Waals surface area (Å²) in [4.78, 5) is 27.5. The van der Waals surface area contributed by atoms with Gasteiger partial charge in [-0.05, 0) is 30.3 Å². The number of carbonyl (C=O) groups is 2. The van der Waals surface area contributed by atoms with E-state index in [2.05, 4.69) is 20.4 Å². The number of nitrogens with one attached hydrogen (secondary N) is 2. The molecule has 3 rings (SSSR count). The fourth-order valence-corrected chi connectivity index (χ4v) is 3.19. The molecule has 0 radical (unpaired) electrons. The summed E-state index contributed by atoms with van der Waals surface area (Å²) in [5.74, 6) is -2.44. The van der Waals surface area contributed by atoms with Crippen molar-refractivity contribution in [3.8, 4) is 5.75 Å². The van der Waals surface area contributed by atoms with Crippen LogP contribution in [0.3, 0.4) is 0 Å². The van der Waals surface area contributed by atoms with Crippen LogP contribution in [0.15, 0.2) is 36.4 Å². The first kappa shape index (κ1) is 19.5. The highest BCUT2D eigenvalue weighted by molar-refractivity contribution is 7.22. The van der Waals surface area contributed by atoms with Crippen molar-refractivity contribution in [1.29, 1.82) is 0 Å². The highest BCUT2D eigenvalue weighted by Crippen LogP contribution is 2.32. The zero-order valence-corrected chi connectivity index (χ0v) is 14.9. The lowest BCUT2D eigenvalue weighted by atomic mass is 10.1. The molecule has 1 heterocycles. The van der Waals surface area contributed by atoms with E-state index in [1.165, 1.54) is 19.1 Å². The molecule has 0 bridgehead atoms. The van der Waals surface area contributed by atoms with Crippen molar-refractivity contribution in [2.45, 2.75) is 13.3 Å². The molecule has 2 aromatic carbocycles. The van der Waals surface area contributed by atoms with Crippen molar-refractivity contribution in [3.05, 3.63) is 47.8 Å². The van der Waals surface area contributed by atoms with Crippen LogP contribution in [-0.4, -0.2) is 23.2 Å². The molecule has 0 atom stereocenters. The van der Waals surface area contributed by atoms with Gasteiger partial charge in [0.25, 0.3) is 5.91 Å². The number of hydrogen-bond acceptors (Lipinski definition) is 5. The number of rotatable bonds is 4. The van der Waals surface area contributed by atoms with Gasteiger partial charge in [0.2, 0.25) is 5.91 Å². The Morgan fingerprint density at radius 3 is 2.54 bits per heavy atom. The highest BCUT2D eigenvalue weighted by atomic mass is 32.1. The Morgan fingerprint density at radius 2 is 1.86 bits per heavy atom. The Bertz CT molecular complexity index is 1070. The van der Waals surface area contributed by atoms with E-state index >= 15 is 0 Å². The number of hydrogen-bond donors (Lipinski definition) is 2. The first-order valence-corrected chi connectivity index (χ1v) is 8.47. The van der Waals surface area contributed by atoms with Crippen LogP contribution in [0.4, 0.5) is 28.4 Å². The van der Waals surface area contributed by atoms with Crippen LogP contribution in [-0.2, 0) is 4.79 Å². The third kappa shape index (κ3) is 4.74. The smallest absolute Gasteiger partial charge is 0.406 e. The number of carbonyl (C=O) groups excluding carboxylic acids is 2. The molecule has 0 saturated heterocycles. The van der Waals surface area contributed by atoms with E-state index in [4.69, 9.17) is 0 Å². The summed E-state index contributed by atoms with van der Waals surface area (Å²) in [6, 6.07) is 7.02. The number of benzene rings is 2. The van der Waals surface area contributed by atoms with Crippen LogP contribution < -0.4 is 15.4 Å². The maximum absolute atomic E-state index is 14.0. The first-order valence-electron chi connectivity index (χ1n) is 7.65. The highest BCUT2D eigenvalue weighted by Gasteiger charge is 2.31. The summed E-state index contributed by atoms with van der Waals surface area (Å²) < 4.78 is 55.0. The molecule has 11 heteroatoms. The summed E-state index contributed by atoms with van der Waals surface area (Å²) in [6.07, 6.45) is -4.83. The Hall–Kier alpha value is -3.21. The van der Waals surface area contributed by atoms with Gasteiger partial charge in [-0.3, -0.25) is 14.9 Å². The Labute approximate surface area is 159 Å². The van der Waals surface area contributed by atoms with Crippen LogP contribution in [0.1, 0.15) is 17.3 Å². The average molecular weight is 413 g/mol. The normalized spacial score (nSPS) is 11.3. The molecular formula is C17H11F4N3O3S. The molecule has 28 heavy (non-hydrogen) atoms. The zero-order chi connectivity index (χ0) is 20.5. The van der Waals surface area contributed by atoms with Crippen molar-refractivity contribution in [2.24, 2.45) is 0 Å². The van der Waals surface area contributed by atoms with Gasteiger partial charge in [-0.15, -0.1) is 13.2 Å². The number of anilines is 2. The van der Waals surface area contributed by atoms with Gasteiger partial charge in [0.05, 0.1) is 15.8 Å². The number of thiazole rings is 1. The van der Waals surface area contributed by atoms with E-state index in [1.807, 2.05) is 0 Å². The third-order valence-electron chi connectivity index (χ3n) is 3.35. The van der Waals surface area contributed by atoms with Crippen LogP contribution in [0, 0.1) is 5.82 Å². The Morgan fingerprint density at radius 1 is 1.11 bits per heavy atom. The largest absolute Gasteiger partial charge is 0.573 e. The van der Waals surface area contributed by atoms with E-state index in [0.717, 1.165) is 35.6 Å². The second kappa shape index (κ2) is 7.43. The van der Waals surface area contributed by atoms with Crippen LogP contribution in [0.5, 0.6) is 5.75 Å². The number of amides is 2. The topological polar surface area (TPSA) is 80.3 Å². The van der Waals surface area contributed by atoms with Crippen molar-refractivity contribution >= 4 is 44.2 Å². The maximum Gasteiger partial charge on any atom is 0.573 e. The minimum Gasteiger partial charge on any atom is -0.406 e. The molecule has 1 aromatic heterocycles. The number of halogens is 4. The monoisotopic (exact) mass is 413 g/mol. The summed E-state index contributed by atoms with van der Waals surface area (Å²) in [6.45, 7) is 1.26. The summed E-state index contributed by atoms with van der Waals surface area (Å²) in [5.41, 5.74) is 0.242. The van der Waals surface area contributed by atoms with E-state index in [1.54, 1.807) is 0 Å². The quantitative estimate of drug-likeness (QED) is 0.616. The van der Waals surface area contributed by atoms with Gasteiger partial charge in [-0.1, -0.05) is 11.3 Å². The molecule has 2 N–H and O–H groups in total. The van der Waals surface area contributed by atoms with Gasteiger partial charge in [0, 0.05) is 18.7 Å². The van der Waals surface area contributed by atoms with E-state index in [0.29, 0.717) is 10.2 Å². The number of aromatic nitrogens is 1. The van der Waals surface area contributed by atoms with Gasteiger partial charge in [-0.25, -0.2) is 9.37 Å². The van der Waals surface area contributed by atoms with Gasteiger partial charge in [-0.2, -0.15) is 0 Å². The van der Waals surface area contributed by atoms with E-state index in [9.17, 15) is 27.2 Å². The molecule has 6 nitrogen and oxygen atoms in total. The second-order valence-corrected chi connectivity index (χ2v) is 6.56. The van der Waals surface area contributed by atoms with Gasteiger partial charge in [0.1, 0.15) is 11.6 Å². The molecule has 0 unspecified atom stereocenters. The molecule has 0 spiro atoms. The minimum absolute atomic E-state index is 0.0634. The SMILES string of the molecule is CC(=O)Nc1ccc(F)c(C(=O)Nc2nc3ccc(OC(F)(F)F)cc3s2)c1. The van der Waals surface area contributed by atoms with Crippen LogP contribution >= 0.6 is 11.3 Å². The predicted molar refractivity (Wildman–Crippen MR) is 95.0 cm³/mol. The van der Waals surface area contributed by atoms with Gasteiger partial charge in [0.15, 0.2) is 5.13 Å². The lowest BCUT2D eigenvalue weighted by Gasteiger charge is -2.07. The lowest BCUT2D eigenvalue weighted by molar-refractivity contribution is -0.274. The molecule has 0 saturated carbocycles. The molecule has 0 aliphatic rings. The standard InChI is InChI=1S/C17H11F4N3O3S/c1-8(25)22-9-2-4-12(18)11(6-9)15(26)24-16-23-13-5-3-10(7-14(13)28-16)27-17(19,20)21/h2-7H,1H3,(H,22,25)(H,23,24,26). The predicted octanol–water partition coefficient (Wildman–Crippen LogP) is 4.54. The molecule has 2 amide bonds. The van der Waals surface area contributed by atoms with E-state index < -0.39 is 23.8 Å². The van der Waals surface area contributed by atoms with Gasteiger partial charge >= 0.3 is 6.36 Å². The van der Waals surface area contributed by atoms with Crippen molar-refractivity contribution in [2.75, 3.05) is 10.6 Å². The minimum atomic E-state index is -4.83. The molecule has 146 valence electrons. The van der Waals surface area contributed by atoms with E-state index in [-0.39, 0.29) is 22.3 Å². The second-order valence-electron chi connectivity index (χ2n) is 5.53. The van der Waals surface area contributed by atoms with Crippen molar-refractivity contribution < 1.29 is 31.9 Å². The fraction of sp³-hybridized carbons (Fsp3) is 0.118. The summed E-state index contributed by atoms with van der Waals surface area (Å²) in [5, 5.41) is 4.89. The van der Waals surface area contributed by atoms with Crippen LogP contribution in [0.2, 0.25) is 0 Å². The van der Waals surface area contributed by atoms with Crippen LogP contribution in [0.25, 0.3) is 10.2 Å². The Kier molecular flexibility index (Phi) is 5.18. The molecule has 3 aromatic rings. The molecule has 0 aliphatic heterocycles. The fourth-order valence-electron chi connectivity index (χ4n) is 2.30. The molecule has 0 aliphatic carbocycles. The first-order chi connectivity index (χ1) is 13.1. The third-order valence-corrected chi connectivity index (χ3v) is 4.28. The number of nitrogens with zero attached hydrogens (tertiary/aromatic N) is 1. The van der Waals surface area contributed by atoms with Gasteiger partial charge < -0.3 is 10.1 Å². The Balaban J connectivity index is 1.82. The number of ether oxygens (including phenoxy) is 1. The van der Waals surface area contributed by atoms with Crippen molar-refractivity contribution in [1.82, 2.24) is 4.98 Å². The summed E-state index contributed by atoms with van der Waals surface area (Å²) in [7, 11) is 0. The van der Waals surface area contributed by atoms with Crippen molar-refractivity contribution in [3.63, 3.8) is 0 Å². The zero-order valence-electron chi connectivity index (χ0n) is 14.1. The average Bonchev–Trinajstić information content (AvgIpc) is 2.96. The summed E-state index contributed by atoms with van der Waals surface area (Å²) >= 11 is 0.899. The maximum atomic E-state index is 14.0. The number of alkyl halides is 3. The molecular weight excluding hydrogens is 402 g/mol. The molecule has 0 fully saturated rings.